The van der Waals surface area contributed by atoms with Gasteiger partial charge in [-0.15, -0.1) is 0 Å². The van der Waals surface area contributed by atoms with Gasteiger partial charge >= 0.3 is 5.97 Å². The summed E-state index contributed by atoms with van der Waals surface area (Å²) in [6, 6.07) is 15.4. The Morgan fingerprint density at radius 2 is 1.63 bits per heavy atom. The van der Waals surface area contributed by atoms with Gasteiger partial charge in [0.25, 0.3) is 5.69 Å². The maximum atomic E-state index is 14.2. The van der Waals surface area contributed by atoms with Crippen molar-refractivity contribution in [2.75, 3.05) is 16.9 Å². The van der Waals surface area contributed by atoms with E-state index in [1.54, 1.807) is 0 Å². The number of nitrogens with zero attached hydrogens (tertiary/aromatic N) is 3. The zero-order valence-corrected chi connectivity index (χ0v) is 21.9. The quantitative estimate of drug-likeness (QED) is 0.111. The van der Waals surface area contributed by atoms with Crippen LogP contribution in [0.4, 0.5) is 17.1 Å². The van der Waals surface area contributed by atoms with E-state index in [-0.39, 0.29) is 28.4 Å². The fourth-order valence-electron chi connectivity index (χ4n) is 6.04. The van der Waals surface area contributed by atoms with Crippen molar-refractivity contribution in [3.8, 4) is 11.5 Å². The number of methoxy groups -OCH3 is 1. The van der Waals surface area contributed by atoms with Crippen LogP contribution < -0.4 is 19.3 Å². The smallest absolute Gasteiger partial charge is 0.308 e. The number of carbonyl (C=O) groups excluding carboxylic acids is 4. The standard InChI is InChI=1S/C30H23N3O8/c1-16(34)41-20-11-7-18(8-12-20)28(35)27-26-25(22-13-9-17-5-3-4-6-21(17)31(22)27)29(36)32(30(26)37)23-15-19(33(38)39)10-14-24(23)40-2/h3-15,22,25-27H,1-2H3/t22-,25-,26-,27-/m1/s1. The van der Waals surface area contributed by atoms with Crippen LogP contribution in [0.1, 0.15) is 22.8 Å². The second-order valence-corrected chi connectivity index (χ2v) is 9.92. The summed E-state index contributed by atoms with van der Waals surface area (Å²) < 4.78 is 10.4. The van der Waals surface area contributed by atoms with Crippen LogP contribution in [0.15, 0.2) is 72.8 Å². The predicted molar refractivity (Wildman–Crippen MR) is 147 cm³/mol. The average Bonchev–Trinajstić information content (AvgIpc) is 3.44. The summed E-state index contributed by atoms with van der Waals surface area (Å²) in [4.78, 5) is 67.3. The van der Waals surface area contributed by atoms with Gasteiger partial charge < -0.3 is 14.4 Å². The molecule has 0 unspecified atom stereocenters. The topological polar surface area (TPSA) is 136 Å². The summed E-state index contributed by atoms with van der Waals surface area (Å²) >= 11 is 0. The van der Waals surface area contributed by atoms with Crippen molar-refractivity contribution >= 4 is 46.7 Å². The SMILES string of the molecule is COc1ccc([N+](=O)[O-])cc1N1C(=O)[C@@H]2[C@H](C1=O)[C@H]1C=Cc3ccccc3N1[C@H]2C(=O)c1ccc(OC(C)=O)cc1. The van der Waals surface area contributed by atoms with Crippen molar-refractivity contribution in [1.82, 2.24) is 0 Å². The minimum atomic E-state index is -1.08. The summed E-state index contributed by atoms with van der Waals surface area (Å²) in [5.74, 6) is -3.74. The van der Waals surface area contributed by atoms with Crippen LogP contribution >= 0.6 is 0 Å². The van der Waals surface area contributed by atoms with E-state index in [4.69, 9.17) is 9.47 Å². The van der Waals surface area contributed by atoms with E-state index in [0.29, 0.717) is 5.69 Å². The van der Waals surface area contributed by atoms with Gasteiger partial charge in [-0.1, -0.05) is 30.4 Å². The van der Waals surface area contributed by atoms with Crippen molar-refractivity contribution in [3.05, 3.63) is 94.0 Å². The minimum Gasteiger partial charge on any atom is -0.495 e. The predicted octanol–water partition coefficient (Wildman–Crippen LogP) is 3.80. The average molecular weight is 554 g/mol. The Morgan fingerprint density at radius 3 is 2.32 bits per heavy atom. The second kappa shape index (κ2) is 9.70. The largest absolute Gasteiger partial charge is 0.495 e. The van der Waals surface area contributed by atoms with Crippen LogP contribution in [0.25, 0.3) is 6.08 Å². The Hall–Kier alpha value is -5.32. The number of imide groups is 1. The van der Waals surface area contributed by atoms with Gasteiger partial charge in [0.2, 0.25) is 11.8 Å². The molecule has 3 aliphatic heterocycles. The number of para-hydroxylation sites is 1. The summed E-state index contributed by atoms with van der Waals surface area (Å²) in [6.45, 7) is 1.27. The van der Waals surface area contributed by atoms with Crippen molar-refractivity contribution in [2.24, 2.45) is 11.8 Å². The number of non-ortho nitro benzene ring substituents is 1. The molecule has 0 saturated carbocycles. The summed E-state index contributed by atoms with van der Waals surface area (Å²) in [5.41, 5.74) is 1.46. The second-order valence-electron chi connectivity index (χ2n) is 9.92. The van der Waals surface area contributed by atoms with Gasteiger partial charge in [-0.25, -0.2) is 4.90 Å². The van der Waals surface area contributed by atoms with Crippen LogP contribution in [-0.2, 0) is 14.4 Å². The molecule has 3 aliphatic rings. The first-order chi connectivity index (χ1) is 19.7. The number of fused-ring (bicyclic) bond motifs is 5. The molecule has 11 heteroatoms. The van der Waals surface area contributed by atoms with E-state index in [1.165, 1.54) is 50.4 Å². The molecule has 3 heterocycles. The van der Waals surface area contributed by atoms with Crippen molar-refractivity contribution < 1.29 is 33.6 Å². The monoisotopic (exact) mass is 553 g/mol. The number of ether oxygens (including phenoxy) is 2. The van der Waals surface area contributed by atoms with Gasteiger partial charge in [0.05, 0.1) is 29.9 Å². The highest BCUT2D eigenvalue weighted by Crippen LogP contribution is 2.51. The number of ketones is 1. The molecule has 2 amide bonds. The van der Waals surface area contributed by atoms with Crippen molar-refractivity contribution in [1.29, 1.82) is 0 Å². The highest BCUT2D eigenvalue weighted by Gasteiger charge is 2.64. The maximum absolute atomic E-state index is 14.2. The van der Waals surface area contributed by atoms with E-state index in [0.717, 1.165) is 16.5 Å². The Kier molecular flexibility index (Phi) is 6.14. The Balaban J connectivity index is 1.46. The van der Waals surface area contributed by atoms with Crippen LogP contribution in [0.2, 0.25) is 0 Å². The number of Topliss-reactive ketones (excluding diaryl/α,β-unsaturated/α-hetero) is 1. The van der Waals surface area contributed by atoms with E-state index in [9.17, 15) is 29.3 Å². The highest BCUT2D eigenvalue weighted by molar-refractivity contribution is 6.26. The van der Waals surface area contributed by atoms with Gasteiger partial charge in [-0.2, -0.15) is 0 Å². The van der Waals surface area contributed by atoms with E-state index < -0.39 is 52.4 Å². The van der Waals surface area contributed by atoms with Gasteiger partial charge in [0, 0.05) is 30.3 Å². The number of benzene rings is 3. The molecule has 0 radical (unpaired) electrons. The lowest BCUT2D eigenvalue weighted by atomic mass is 9.86. The fraction of sp³-hybridized carbons (Fsp3) is 0.200. The maximum Gasteiger partial charge on any atom is 0.308 e. The van der Waals surface area contributed by atoms with Crippen molar-refractivity contribution in [3.63, 3.8) is 0 Å². The number of nitro groups is 1. The minimum absolute atomic E-state index is 0.0465. The lowest BCUT2D eigenvalue weighted by molar-refractivity contribution is -0.384. The Morgan fingerprint density at radius 1 is 0.927 bits per heavy atom. The third-order valence-electron chi connectivity index (χ3n) is 7.70. The Bertz CT molecular complexity index is 1660. The third kappa shape index (κ3) is 4.05. The van der Waals surface area contributed by atoms with Gasteiger partial charge in [0.1, 0.15) is 23.2 Å². The van der Waals surface area contributed by atoms with Crippen LogP contribution in [0.5, 0.6) is 11.5 Å². The molecule has 6 rings (SSSR count). The first-order valence-corrected chi connectivity index (χ1v) is 12.8. The molecule has 3 aromatic rings. The lowest BCUT2D eigenvalue weighted by Gasteiger charge is -2.36. The molecule has 3 aromatic carbocycles. The number of hydrogen-bond acceptors (Lipinski definition) is 9. The highest BCUT2D eigenvalue weighted by atomic mass is 16.6. The fourth-order valence-corrected chi connectivity index (χ4v) is 6.04. The molecule has 0 spiro atoms. The number of anilines is 2. The number of carbonyl (C=O) groups is 4. The molecule has 41 heavy (non-hydrogen) atoms. The van der Waals surface area contributed by atoms with E-state index in [2.05, 4.69) is 0 Å². The van der Waals surface area contributed by atoms with Crippen LogP contribution in [0.3, 0.4) is 0 Å². The zero-order chi connectivity index (χ0) is 29.0. The Labute approximate surface area is 233 Å². The molecule has 11 nitrogen and oxygen atoms in total. The summed E-state index contributed by atoms with van der Waals surface area (Å²) in [5, 5.41) is 11.5. The zero-order valence-electron chi connectivity index (χ0n) is 21.9. The molecule has 0 bridgehead atoms. The van der Waals surface area contributed by atoms with Crippen LogP contribution in [-0.4, -0.2) is 47.7 Å². The molecule has 0 N–H and O–H groups in total. The van der Waals surface area contributed by atoms with Crippen molar-refractivity contribution in [2.45, 2.75) is 19.0 Å². The molecule has 2 saturated heterocycles. The molecule has 0 aromatic heterocycles. The molecule has 206 valence electrons. The number of amides is 2. The van der Waals surface area contributed by atoms with Gasteiger partial charge in [0.15, 0.2) is 5.78 Å². The van der Waals surface area contributed by atoms with E-state index in [1.807, 2.05) is 41.3 Å². The third-order valence-corrected chi connectivity index (χ3v) is 7.70. The van der Waals surface area contributed by atoms with Gasteiger partial charge in [-0.05, 0) is 42.0 Å². The molecular weight excluding hydrogens is 530 g/mol. The van der Waals surface area contributed by atoms with Crippen LogP contribution in [0, 0.1) is 22.0 Å². The normalized spacial score (nSPS) is 22.2. The summed E-state index contributed by atoms with van der Waals surface area (Å²) in [7, 11) is 1.34. The number of rotatable bonds is 6. The number of hydrogen-bond donors (Lipinski definition) is 0. The number of esters is 1. The van der Waals surface area contributed by atoms with Gasteiger partial charge in [-0.3, -0.25) is 29.3 Å². The first kappa shape index (κ1) is 25.9. The van der Waals surface area contributed by atoms with E-state index >= 15 is 0 Å². The first-order valence-electron chi connectivity index (χ1n) is 12.8. The molecule has 0 aliphatic carbocycles. The summed E-state index contributed by atoms with van der Waals surface area (Å²) in [6.07, 6.45) is 3.68. The molecule has 2 fully saturated rings. The molecule has 4 atom stereocenters. The molecular formula is C30H23N3O8. The number of nitro benzene ring substituents is 1. The lowest BCUT2D eigenvalue weighted by Crippen LogP contribution is -2.48.